The molecule has 5 nitrogen and oxygen atoms in total. The van der Waals surface area contributed by atoms with Gasteiger partial charge in [0.25, 0.3) is 0 Å². The molecule has 0 saturated heterocycles. The zero-order chi connectivity index (χ0) is 14.4. The van der Waals surface area contributed by atoms with Gasteiger partial charge in [0.15, 0.2) is 11.5 Å². The molecule has 2 atom stereocenters. The van der Waals surface area contributed by atoms with Crippen molar-refractivity contribution in [3.63, 3.8) is 0 Å². The van der Waals surface area contributed by atoms with Crippen LogP contribution in [0.5, 0.6) is 11.5 Å². The van der Waals surface area contributed by atoms with E-state index in [2.05, 4.69) is 0 Å². The molecular formula is C14H24N2O3. The molecule has 0 aliphatic heterocycles. The molecule has 0 bridgehead atoms. The van der Waals surface area contributed by atoms with Gasteiger partial charge in [0.05, 0.1) is 20.3 Å². The van der Waals surface area contributed by atoms with Gasteiger partial charge in [0.2, 0.25) is 0 Å². The van der Waals surface area contributed by atoms with E-state index in [1.807, 2.05) is 25.1 Å². The number of hydrogen-bond donors (Lipinski definition) is 2. The molecule has 1 aromatic carbocycles. The zero-order valence-electron chi connectivity index (χ0n) is 12.1. The Balaban J connectivity index is 2.78. The van der Waals surface area contributed by atoms with Gasteiger partial charge in [0.1, 0.15) is 0 Å². The van der Waals surface area contributed by atoms with Gasteiger partial charge in [-0.1, -0.05) is 6.07 Å². The summed E-state index contributed by atoms with van der Waals surface area (Å²) in [6, 6.07) is 5.04. The Bertz CT molecular complexity index is 396. The molecule has 0 aromatic heterocycles. The summed E-state index contributed by atoms with van der Waals surface area (Å²) in [5, 5.41) is 10.2. The van der Waals surface area contributed by atoms with Crippen molar-refractivity contribution in [3.05, 3.63) is 23.8 Å². The van der Waals surface area contributed by atoms with Gasteiger partial charge in [0, 0.05) is 6.04 Å². The van der Waals surface area contributed by atoms with E-state index in [-0.39, 0.29) is 6.04 Å². The molecule has 0 aliphatic rings. The van der Waals surface area contributed by atoms with Crippen molar-refractivity contribution in [1.29, 1.82) is 0 Å². The smallest absolute Gasteiger partial charge is 0.161 e. The molecule has 2 unspecified atom stereocenters. The lowest BCUT2D eigenvalue weighted by atomic mass is 10.00. The summed E-state index contributed by atoms with van der Waals surface area (Å²) < 4.78 is 10.4. The average molecular weight is 268 g/mol. The first-order valence-electron chi connectivity index (χ1n) is 6.30. The molecular weight excluding hydrogens is 244 g/mol. The third-order valence-corrected chi connectivity index (χ3v) is 3.06. The minimum absolute atomic E-state index is 0.305. The molecule has 1 aromatic rings. The van der Waals surface area contributed by atoms with E-state index in [1.54, 1.807) is 26.4 Å². The second kappa shape index (κ2) is 7.33. The molecule has 0 aliphatic carbocycles. The van der Waals surface area contributed by atoms with E-state index in [1.165, 1.54) is 0 Å². The summed E-state index contributed by atoms with van der Waals surface area (Å²) in [6.07, 6.45) is 0.0162. The van der Waals surface area contributed by atoms with Crippen LogP contribution in [0.2, 0.25) is 0 Å². The molecule has 0 heterocycles. The number of aliphatic hydroxyl groups excluding tert-OH is 1. The number of methoxy groups -OCH3 is 2. The van der Waals surface area contributed by atoms with Crippen molar-refractivity contribution in [1.82, 2.24) is 4.90 Å². The van der Waals surface area contributed by atoms with E-state index in [0.29, 0.717) is 11.5 Å². The van der Waals surface area contributed by atoms with Crippen LogP contribution in [0.1, 0.15) is 18.1 Å². The SMILES string of the molecule is COc1ccc(C(O)C(N)CCN(C)C)cc1OC. The van der Waals surface area contributed by atoms with Crippen molar-refractivity contribution in [3.8, 4) is 11.5 Å². The Morgan fingerprint density at radius 1 is 1.21 bits per heavy atom. The third kappa shape index (κ3) is 4.38. The average Bonchev–Trinajstić information content (AvgIpc) is 2.42. The lowest BCUT2D eigenvalue weighted by molar-refractivity contribution is 0.137. The molecule has 5 heteroatoms. The first kappa shape index (κ1) is 15.8. The summed E-state index contributed by atoms with van der Waals surface area (Å²) >= 11 is 0. The Hall–Kier alpha value is -1.30. The molecule has 19 heavy (non-hydrogen) atoms. The maximum absolute atomic E-state index is 10.2. The largest absolute Gasteiger partial charge is 0.493 e. The number of benzene rings is 1. The first-order valence-corrected chi connectivity index (χ1v) is 6.30. The fraction of sp³-hybridized carbons (Fsp3) is 0.571. The van der Waals surface area contributed by atoms with Gasteiger partial charge >= 0.3 is 0 Å². The minimum Gasteiger partial charge on any atom is -0.493 e. The van der Waals surface area contributed by atoms with Crippen LogP contribution >= 0.6 is 0 Å². The predicted molar refractivity (Wildman–Crippen MR) is 75.7 cm³/mol. The minimum atomic E-state index is -0.709. The van der Waals surface area contributed by atoms with Crippen LogP contribution in [0.25, 0.3) is 0 Å². The summed E-state index contributed by atoms with van der Waals surface area (Å²) in [5.74, 6) is 1.24. The molecule has 0 spiro atoms. The highest BCUT2D eigenvalue weighted by molar-refractivity contribution is 5.43. The topological polar surface area (TPSA) is 68.0 Å². The van der Waals surface area contributed by atoms with Crippen LogP contribution in [-0.4, -0.2) is 50.9 Å². The molecule has 1 rings (SSSR count). The molecule has 0 radical (unpaired) electrons. The first-order chi connectivity index (χ1) is 8.99. The fourth-order valence-electron chi connectivity index (χ4n) is 1.85. The molecule has 108 valence electrons. The molecule has 0 saturated carbocycles. The van der Waals surface area contributed by atoms with E-state index in [0.717, 1.165) is 18.5 Å². The Morgan fingerprint density at radius 3 is 2.37 bits per heavy atom. The Morgan fingerprint density at radius 2 is 1.84 bits per heavy atom. The second-order valence-electron chi connectivity index (χ2n) is 4.82. The van der Waals surface area contributed by atoms with Gasteiger partial charge < -0.3 is 25.2 Å². The van der Waals surface area contributed by atoms with E-state index in [4.69, 9.17) is 15.2 Å². The van der Waals surface area contributed by atoms with Crippen molar-refractivity contribution in [2.75, 3.05) is 34.9 Å². The Labute approximate surface area is 114 Å². The lowest BCUT2D eigenvalue weighted by Crippen LogP contribution is -2.32. The Kier molecular flexibility index (Phi) is 6.08. The van der Waals surface area contributed by atoms with Crippen molar-refractivity contribution < 1.29 is 14.6 Å². The summed E-state index contributed by atoms with van der Waals surface area (Å²) in [4.78, 5) is 2.04. The van der Waals surface area contributed by atoms with Crippen LogP contribution in [0.15, 0.2) is 18.2 Å². The maximum atomic E-state index is 10.2. The molecule has 3 N–H and O–H groups in total. The van der Waals surface area contributed by atoms with Crippen molar-refractivity contribution >= 4 is 0 Å². The van der Waals surface area contributed by atoms with E-state index < -0.39 is 6.10 Å². The zero-order valence-corrected chi connectivity index (χ0v) is 12.1. The summed E-state index contributed by atoms with van der Waals surface area (Å²) in [7, 11) is 7.11. The highest BCUT2D eigenvalue weighted by atomic mass is 16.5. The van der Waals surface area contributed by atoms with Crippen LogP contribution < -0.4 is 15.2 Å². The lowest BCUT2D eigenvalue weighted by Gasteiger charge is -2.21. The van der Waals surface area contributed by atoms with Gasteiger partial charge in [-0.15, -0.1) is 0 Å². The quantitative estimate of drug-likeness (QED) is 0.772. The number of ether oxygens (including phenoxy) is 2. The van der Waals surface area contributed by atoms with Gasteiger partial charge in [-0.25, -0.2) is 0 Å². The van der Waals surface area contributed by atoms with Gasteiger partial charge in [-0.05, 0) is 44.8 Å². The van der Waals surface area contributed by atoms with Crippen LogP contribution in [0, 0.1) is 0 Å². The second-order valence-corrected chi connectivity index (χ2v) is 4.82. The monoisotopic (exact) mass is 268 g/mol. The van der Waals surface area contributed by atoms with Crippen LogP contribution in [0.3, 0.4) is 0 Å². The number of hydrogen-bond acceptors (Lipinski definition) is 5. The third-order valence-electron chi connectivity index (χ3n) is 3.06. The number of nitrogens with zero attached hydrogens (tertiary/aromatic N) is 1. The summed E-state index contributed by atoms with van der Waals surface area (Å²) in [5.41, 5.74) is 6.75. The number of aliphatic hydroxyl groups is 1. The fourth-order valence-corrected chi connectivity index (χ4v) is 1.85. The van der Waals surface area contributed by atoms with Crippen molar-refractivity contribution in [2.45, 2.75) is 18.6 Å². The van der Waals surface area contributed by atoms with Crippen LogP contribution in [-0.2, 0) is 0 Å². The molecule has 0 amide bonds. The normalized spacial score (nSPS) is 14.3. The maximum Gasteiger partial charge on any atom is 0.161 e. The summed E-state index contributed by atoms with van der Waals surface area (Å²) in [6.45, 7) is 0.839. The standard InChI is InChI=1S/C14H24N2O3/c1-16(2)8-7-11(15)14(17)10-5-6-12(18-3)13(9-10)19-4/h5-6,9,11,14,17H,7-8,15H2,1-4H3. The number of rotatable bonds is 7. The van der Waals surface area contributed by atoms with Crippen LogP contribution in [0.4, 0.5) is 0 Å². The van der Waals surface area contributed by atoms with Gasteiger partial charge in [-0.3, -0.25) is 0 Å². The highest BCUT2D eigenvalue weighted by Gasteiger charge is 2.18. The highest BCUT2D eigenvalue weighted by Crippen LogP contribution is 2.30. The molecule has 0 fully saturated rings. The van der Waals surface area contributed by atoms with Gasteiger partial charge in [-0.2, -0.15) is 0 Å². The van der Waals surface area contributed by atoms with E-state index in [9.17, 15) is 5.11 Å². The van der Waals surface area contributed by atoms with Crippen molar-refractivity contribution in [2.24, 2.45) is 5.73 Å². The van der Waals surface area contributed by atoms with E-state index >= 15 is 0 Å². The predicted octanol–water partition coefficient (Wildman–Crippen LogP) is 1.02. The number of nitrogens with two attached hydrogens (primary N) is 1.